The summed E-state index contributed by atoms with van der Waals surface area (Å²) in [5, 5.41) is 14.6. The van der Waals surface area contributed by atoms with Crippen molar-refractivity contribution in [1.29, 1.82) is 0 Å². The lowest BCUT2D eigenvalue weighted by atomic mass is 10.2. The molecule has 0 aliphatic carbocycles. The number of benzene rings is 1. The lowest BCUT2D eigenvalue weighted by Gasteiger charge is -2.02. The molecule has 1 N–H and O–H groups in total. The molecule has 0 atom stereocenters. The smallest absolute Gasteiger partial charge is 0.267 e. The molecule has 0 fully saturated rings. The zero-order valence-electron chi connectivity index (χ0n) is 10.3. The number of nitrogens with zero attached hydrogens (tertiary/aromatic N) is 2. The maximum atomic E-state index is 11.8. The first-order valence-electron chi connectivity index (χ1n) is 5.63. The van der Waals surface area contributed by atoms with E-state index in [4.69, 9.17) is 0 Å². The molecular weight excluding hydrogens is 234 g/mol. The highest BCUT2D eigenvalue weighted by molar-refractivity contribution is 5.98. The molecule has 0 aliphatic rings. The third kappa shape index (κ3) is 3.65. The van der Waals surface area contributed by atoms with E-state index in [9.17, 15) is 14.9 Å². The summed E-state index contributed by atoms with van der Waals surface area (Å²) in [7, 11) is 0. The van der Waals surface area contributed by atoms with Crippen molar-refractivity contribution in [3.63, 3.8) is 0 Å². The molecule has 0 bridgehead atoms. The fourth-order valence-electron chi connectivity index (χ4n) is 1.45. The number of nitro groups is 1. The molecule has 96 valence electrons. The minimum absolute atomic E-state index is 0.00977. The van der Waals surface area contributed by atoms with Crippen LogP contribution in [0, 0.1) is 10.1 Å². The van der Waals surface area contributed by atoms with Crippen molar-refractivity contribution in [1.82, 2.24) is 5.43 Å². The second-order valence-electron chi connectivity index (χ2n) is 3.81. The number of hydrogen-bond acceptors (Lipinski definition) is 4. The van der Waals surface area contributed by atoms with Crippen LogP contribution in [0.5, 0.6) is 0 Å². The van der Waals surface area contributed by atoms with E-state index in [-0.39, 0.29) is 11.3 Å². The molecule has 18 heavy (non-hydrogen) atoms. The monoisotopic (exact) mass is 249 g/mol. The fourth-order valence-corrected chi connectivity index (χ4v) is 1.45. The van der Waals surface area contributed by atoms with Gasteiger partial charge in [0, 0.05) is 11.8 Å². The van der Waals surface area contributed by atoms with Crippen LogP contribution in [-0.4, -0.2) is 16.5 Å². The Labute approximate surface area is 105 Å². The first kappa shape index (κ1) is 13.8. The summed E-state index contributed by atoms with van der Waals surface area (Å²) >= 11 is 0. The molecule has 6 nitrogen and oxygen atoms in total. The molecule has 1 amide bonds. The summed E-state index contributed by atoms with van der Waals surface area (Å²) in [5.74, 6) is -0.572. The lowest BCUT2D eigenvalue weighted by molar-refractivity contribution is -0.385. The first-order chi connectivity index (χ1) is 8.56. The highest BCUT2D eigenvalue weighted by Crippen LogP contribution is 2.17. The molecule has 1 aromatic carbocycles. The van der Waals surface area contributed by atoms with Crippen LogP contribution in [0.4, 0.5) is 5.69 Å². The second-order valence-corrected chi connectivity index (χ2v) is 3.81. The summed E-state index contributed by atoms with van der Waals surface area (Å²) in [6, 6.07) is 5.78. The zero-order chi connectivity index (χ0) is 13.5. The summed E-state index contributed by atoms with van der Waals surface area (Å²) in [6.07, 6.45) is 1.70. The number of para-hydroxylation sites is 1. The molecule has 0 saturated heterocycles. The minimum Gasteiger partial charge on any atom is -0.267 e. The fraction of sp³-hybridized carbons (Fsp3) is 0.333. The van der Waals surface area contributed by atoms with Gasteiger partial charge in [0.05, 0.1) is 4.92 Å². The van der Waals surface area contributed by atoms with Crippen LogP contribution in [0.2, 0.25) is 0 Å². The molecule has 0 unspecified atom stereocenters. The Balaban J connectivity index is 2.85. The van der Waals surface area contributed by atoms with Crippen LogP contribution in [0.15, 0.2) is 29.4 Å². The Hall–Kier alpha value is -2.24. The second kappa shape index (κ2) is 6.48. The zero-order valence-corrected chi connectivity index (χ0v) is 10.3. The number of amides is 1. The van der Waals surface area contributed by atoms with Crippen LogP contribution < -0.4 is 5.43 Å². The lowest BCUT2D eigenvalue weighted by Crippen LogP contribution is -2.20. The Morgan fingerprint density at radius 2 is 2.11 bits per heavy atom. The van der Waals surface area contributed by atoms with Crippen LogP contribution in [0.1, 0.15) is 37.0 Å². The highest BCUT2D eigenvalue weighted by atomic mass is 16.6. The van der Waals surface area contributed by atoms with Crippen LogP contribution in [0.25, 0.3) is 0 Å². The molecule has 6 heteroatoms. The van der Waals surface area contributed by atoms with E-state index < -0.39 is 10.8 Å². The number of carbonyl (C=O) groups excluding carboxylic acids is 1. The Morgan fingerprint density at radius 1 is 1.44 bits per heavy atom. The molecule has 0 aromatic heterocycles. The van der Waals surface area contributed by atoms with Gasteiger partial charge in [-0.2, -0.15) is 5.10 Å². The average Bonchev–Trinajstić information content (AvgIpc) is 2.36. The molecular formula is C12H15N3O3. The predicted molar refractivity (Wildman–Crippen MR) is 68.6 cm³/mol. The summed E-state index contributed by atoms with van der Waals surface area (Å²) in [6.45, 7) is 3.80. The molecule has 0 radical (unpaired) electrons. The number of hydrazone groups is 1. The van der Waals surface area contributed by atoms with Crippen LogP contribution >= 0.6 is 0 Å². The normalized spacial score (nSPS) is 11.1. The number of nitrogens with one attached hydrogen (secondary N) is 1. The number of rotatable bonds is 5. The van der Waals surface area contributed by atoms with Gasteiger partial charge in [0.2, 0.25) is 0 Å². The van der Waals surface area contributed by atoms with Crippen molar-refractivity contribution < 1.29 is 9.72 Å². The topological polar surface area (TPSA) is 84.6 Å². The molecule has 0 aliphatic heterocycles. The van der Waals surface area contributed by atoms with Gasteiger partial charge in [0.15, 0.2) is 0 Å². The third-order valence-corrected chi connectivity index (χ3v) is 2.31. The molecule has 0 spiro atoms. The van der Waals surface area contributed by atoms with Gasteiger partial charge in [0.25, 0.3) is 11.6 Å². The van der Waals surface area contributed by atoms with Gasteiger partial charge in [-0.15, -0.1) is 0 Å². The van der Waals surface area contributed by atoms with Crippen molar-refractivity contribution in [3.05, 3.63) is 39.9 Å². The van der Waals surface area contributed by atoms with E-state index in [2.05, 4.69) is 10.5 Å². The Morgan fingerprint density at radius 3 is 2.72 bits per heavy atom. The first-order valence-corrected chi connectivity index (χ1v) is 5.63. The van der Waals surface area contributed by atoms with Crippen molar-refractivity contribution in [2.45, 2.75) is 26.7 Å². The standard InChI is InChI=1S/C12H15N3O3/c1-3-6-9(2)13-14-12(16)10-7-4-5-8-11(10)15(17)18/h4-5,7-8H,3,6H2,1-2H3,(H,14,16)/b13-9+. The average molecular weight is 249 g/mol. The van der Waals surface area contributed by atoms with Crippen molar-refractivity contribution in [2.75, 3.05) is 0 Å². The van der Waals surface area contributed by atoms with E-state index in [1.165, 1.54) is 18.2 Å². The predicted octanol–water partition coefficient (Wildman–Crippen LogP) is 2.50. The van der Waals surface area contributed by atoms with Crippen molar-refractivity contribution >= 4 is 17.3 Å². The van der Waals surface area contributed by atoms with E-state index >= 15 is 0 Å². The minimum atomic E-state index is -0.586. The maximum Gasteiger partial charge on any atom is 0.282 e. The van der Waals surface area contributed by atoms with E-state index in [1.54, 1.807) is 13.0 Å². The van der Waals surface area contributed by atoms with Crippen LogP contribution in [-0.2, 0) is 0 Å². The summed E-state index contributed by atoms with van der Waals surface area (Å²) < 4.78 is 0. The molecule has 1 rings (SSSR count). The number of nitro benzene ring substituents is 1. The quantitative estimate of drug-likeness (QED) is 0.494. The van der Waals surface area contributed by atoms with Gasteiger partial charge in [-0.05, 0) is 19.4 Å². The van der Waals surface area contributed by atoms with E-state index in [0.29, 0.717) is 0 Å². The maximum absolute atomic E-state index is 11.8. The van der Waals surface area contributed by atoms with Gasteiger partial charge in [-0.3, -0.25) is 14.9 Å². The highest BCUT2D eigenvalue weighted by Gasteiger charge is 2.18. The van der Waals surface area contributed by atoms with Gasteiger partial charge >= 0.3 is 0 Å². The molecule has 0 heterocycles. The number of carbonyl (C=O) groups is 1. The van der Waals surface area contributed by atoms with E-state index in [0.717, 1.165) is 18.6 Å². The van der Waals surface area contributed by atoms with Gasteiger partial charge in [0.1, 0.15) is 5.56 Å². The van der Waals surface area contributed by atoms with Gasteiger partial charge in [-0.1, -0.05) is 25.5 Å². The van der Waals surface area contributed by atoms with Gasteiger partial charge < -0.3 is 0 Å². The van der Waals surface area contributed by atoms with Crippen LogP contribution in [0.3, 0.4) is 0 Å². The molecule has 0 saturated carbocycles. The molecule has 1 aromatic rings. The SMILES string of the molecule is CCC/C(C)=N/NC(=O)c1ccccc1[N+](=O)[O-]. The Kier molecular flexibility index (Phi) is 4.98. The van der Waals surface area contributed by atoms with E-state index in [1.807, 2.05) is 6.92 Å². The summed E-state index contributed by atoms with van der Waals surface area (Å²) in [5.41, 5.74) is 2.89. The van der Waals surface area contributed by atoms with Gasteiger partial charge in [-0.25, -0.2) is 5.43 Å². The number of hydrogen-bond donors (Lipinski definition) is 1. The Bertz CT molecular complexity index is 483. The third-order valence-electron chi connectivity index (χ3n) is 2.31. The van der Waals surface area contributed by atoms with Crippen molar-refractivity contribution in [2.24, 2.45) is 5.10 Å². The summed E-state index contributed by atoms with van der Waals surface area (Å²) in [4.78, 5) is 21.9. The largest absolute Gasteiger partial charge is 0.282 e. The van der Waals surface area contributed by atoms with Crippen molar-refractivity contribution in [3.8, 4) is 0 Å².